The minimum Gasteiger partial charge on any atom is -0.396 e. The van der Waals surface area contributed by atoms with Crippen molar-refractivity contribution >= 4 is 10.0 Å². The van der Waals surface area contributed by atoms with Gasteiger partial charge in [0.25, 0.3) is 0 Å². The van der Waals surface area contributed by atoms with Gasteiger partial charge in [0.2, 0.25) is 10.0 Å². The van der Waals surface area contributed by atoms with Gasteiger partial charge >= 0.3 is 0 Å². The van der Waals surface area contributed by atoms with Gasteiger partial charge in [-0.2, -0.15) is 5.10 Å². The summed E-state index contributed by atoms with van der Waals surface area (Å²) in [5, 5.41) is 13.5. The average Bonchev–Trinajstić information content (AvgIpc) is 2.63. The number of hydrogen-bond acceptors (Lipinski definition) is 4. The van der Waals surface area contributed by atoms with E-state index in [1.165, 1.54) is 0 Å². The summed E-state index contributed by atoms with van der Waals surface area (Å²) in [5.74, 6) is 0.0100. The van der Waals surface area contributed by atoms with Crippen molar-refractivity contribution in [2.24, 2.45) is 13.0 Å². The summed E-state index contributed by atoms with van der Waals surface area (Å²) < 4.78 is 29.5. The van der Waals surface area contributed by atoms with Crippen LogP contribution in [0.5, 0.6) is 0 Å². The number of nitrogens with zero attached hydrogens (tertiary/aromatic N) is 2. The minimum absolute atomic E-state index is 0.0100. The summed E-state index contributed by atoms with van der Waals surface area (Å²) in [5.41, 5.74) is 1.14. The Hall–Kier alpha value is -0.920. The van der Waals surface area contributed by atoms with Crippen LogP contribution < -0.4 is 4.72 Å². The Labute approximate surface area is 120 Å². The SMILES string of the molecule is Cc1nn(C)c(C)c1S(=O)(=O)NC1CCCCC1CO. The lowest BCUT2D eigenvalue weighted by Crippen LogP contribution is -2.43. The van der Waals surface area contributed by atoms with Crippen molar-refractivity contribution in [3.05, 3.63) is 11.4 Å². The topological polar surface area (TPSA) is 84.2 Å². The zero-order chi connectivity index (χ0) is 14.9. The molecule has 1 aromatic rings. The highest BCUT2D eigenvalue weighted by molar-refractivity contribution is 7.89. The molecule has 1 saturated carbocycles. The Balaban J connectivity index is 2.26. The van der Waals surface area contributed by atoms with Crippen molar-refractivity contribution in [2.75, 3.05) is 6.61 Å². The second kappa shape index (κ2) is 5.83. The molecule has 2 unspecified atom stereocenters. The van der Waals surface area contributed by atoms with Gasteiger partial charge in [-0.05, 0) is 32.6 Å². The molecule has 1 aromatic heterocycles. The molecule has 7 heteroatoms. The first-order valence-corrected chi connectivity index (χ1v) is 8.48. The lowest BCUT2D eigenvalue weighted by molar-refractivity contribution is 0.164. The van der Waals surface area contributed by atoms with Gasteiger partial charge in [0.1, 0.15) is 4.90 Å². The highest BCUT2D eigenvalue weighted by Crippen LogP contribution is 2.26. The normalized spacial score (nSPS) is 24.0. The van der Waals surface area contributed by atoms with Crippen molar-refractivity contribution in [1.82, 2.24) is 14.5 Å². The van der Waals surface area contributed by atoms with E-state index in [-0.39, 0.29) is 23.5 Å². The third-order valence-electron chi connectivity index (χ3n) is 4.16. The first-order valence-electron chi connectivity index (χ1n) is 7.00. The van der Waals surface area contributed by atoms with Crippen LogP contribution >= 0.6 is 0 Å². The molecular formula is C13H23N3O3S. The quantitative estimate of drug-likeness (QED) is 0.864. The fourth-order valence-electron chi connectivity index (χ4n) is 2.98. The number of rotatable bonds is 4. The monoisotopic (exact) mass is 301 g/mol. The third kappa shape index (κ3) is 2.89. The van der Waals surface area contributed by atoms with E-state index in [1.54, 1.807) is 25.6 Å². The minimum atomic E-state index is -3.59. The Morgan fingerprint density at radius 2 is 2.00 bits per heavy atom. The van der Waals surface area contributed by atoms with Crippen LogP contribution in [0.1, 0.15) is 37.1 Å². The van der Waals surface area contributed by atoms with E-state index < -0.39 is 10.0 Å². The van der Waals surface area contributed by atoms with Crippen molar-refractivity contribution in [2.45, 2.75) is 50.5 Å². The standard InChI is InChI=1S/C13H23N3O3S/c1-9-13(10(2)16(3)14-9)20(18,19)15-12-7-5-4-6-11(12)8-17/h11-12,15,17H,4-8H2,1-3H3. The Morgan fingerprint density at radius 3 is 2.55 bits per heavy atom. The maximum Gasteiger partial charge on any atom is 0.244 e. The molecule has 1 heterocycles. The van der Waals surface area contributed by atoms with Crippen LogP contribution in [0.2, 0.25) is 0 Å². The largest absolute Gasteiger partial charge is 0.396 e. The third-order valence-corrected chi connectivity index (χ3v) is 5.90. The molecule has 2 N–H and O–H groups in total. The fraction of sp³-hybridized carbons (Fsp3) is 0.769. The molecule has 0 aliphatic heterocycles. The molecule has 114 valence electrons. The van der Waals surface area contributed by atoms with Crippen LogP contribution in [-0.2, 0) is 17.1 Å². The van der Waals surface area contributed by atoms with Gasteiger partial charge in [-0.15, -0.1) is 0 Å². The second-order valence-electron chi connectivity index (χ2n) is 5.58. The summed E-state index contributed by atoms with van der Waals surface area (Å²) >= 11 is 0. The lowest BCUT2D eigenvalue weighted by atomic mass is 9.86. The van der Waals surface area contributed by atoms with Gasteiger partial charge in [-0.3, -0.25) is 4.68 Å². The maximum absolute atomic E-state index is 12.6. The molecule has 0 radical (unpaired) electrons. The van der Waals surface area contributed by atoms with E-state index in [4.69, 9.17) is 0 Å². The summed E-state index contributed by atoms with van der Waals surface area (Å²) in [6.07, 6.45) is 3.70. The van der Waals surface area contributed by atoms with Crippen LogP contribution in [-0.4, -0.2) is 36.0 Å². The van der Waals surface area contributed by atoms with E-state index in [2.05, 4.69) is 9.82 Å². The van der Waals surface area contributed by atoms with E-state index in [1.807, 2.05) is 0 Å². The molecule has 0 amide bonds. The molecule has 2 atom stereocenters. The zero-order valence-corrected chi connectivity index (χ0v) is 13.1. The van der Waals surface area contributed by atoms with Gasteiger partial charge < -0.3 is 5.11 Å². The number of sulfonamides is 1. The molecular weight excluding hydrogens is 278 g/mol. The van der Waals surface area contributed by atoms with E-state index in [9.17, 15) is 13.5 Å². The van der Waals surface area contributed by atoms with Crippen LogP contribution in [0, 0.1) is 19.8 Å². The summed E-state index contributed by atoms with van der Waals surface area (Å²) in [7, 11) is -1.85. The zero-order valence-electron chi connectivity index (χ0n) is 12.3. The molecule has 0 saturated heterocycles. The number of aliphatic hydroxyl groups excluding tert-OH is 1. The van der Waals surface area contributed by atoms with E-state index in [0.29, 0.717) is 11.4 Å². The first kappa shape index (κ1) is 15.5. The highest BCUT2D eigenvalue weighted by Gasteiger charge is 2.31. The Bertz CT molecular complexity index is 580. The van der Waals surface area contributed by atoms with Gasteiger partial charge in [-0.25, -0.2) is 13.1 Å². The number of hydrogen-bond donors (Lipinski definition) is 2. The molecule has 20 heavy (non-hydrogen) atoms. The predicted octanol–water partition coefficient (Wildman–Crippen LogP) is 0.866. The van der Waals surface area contributed by atoms with Crippen LogP contribution in [0.15, 0.2) is 4.90 Å². The van der Waals surface area contributed by atoms with Gasteiger partial charge in [0, 0.05) is 19.7 Å². The molecule has 2 rings (SSSR count). The van der Waals surface area contributed by atoms with Gasteiger partial charge in [0.15, 0.2) is 0 Å². The van der Waals surface area contributed by atoms with E-state index in [0.717, 1.165) is 25.7 Å². The lowest BCUT2D eigenvalue weighted by Gasteiger charge is -2.30. The molecule has 0 bridgehead atoms. The Kier molecular flexibility index (Phi) is 4.51. The maximum atomic E-state index is 12.6. The molecule has 1 aliphatic rings. The smallest absolute Gasteiger partial charge is 0.244 e. The molecule has 6 nitrogen and oxygen atoms in total. The second-order valence-corrected chi connectivity index (χ2v) is 7.23. The number of nitrogens with one attached hydrogen (secondary N) is 1. The van der Waals surface area contributed by atoms with Crippen molar-refractivity contribution in [1.29, 1.82) is 0 Å². The first-order chi connectivity index (χ1) is 9.36. The van der Waals surface area contributed by atoms with Crippen molar-refractivity contribution < 1.29 is 13.5 Å². The Morgan fingerprint density at radius 1 is 1.35 bits per heavy atom. The molecule has 1 aliphatic carbocycles. The number of aryl methyl sites for hydroxylation is 2. The fourth-order valence-corrected chi connectivity index (χ4v) is 4.76. The molecule has 0 aromatic carbocycles. The predicted molar refractivity (Wildman–Crippen MR) is 75.8 cm³/mol. The van der Waals surface area contributed by atoms with Gasteiger partial charge in [0.05, 0.1) is 11.4 Å². The molecule has 0 spiro atoms. The summed E-state index contributed by atoms with van der Waals surface area (Å²) in [6, 6.07) is -0.183. The molecule has 1 fully saturated rings. The van der Waals surface area contributed by atoms with Crippen LogP contribution in [0.25, 0.3) is 0 Å². The summed E-state index contributed by atoms with van der Waals surface area (Å²) in [6.45, 7) is 3.48. The van der Waals surface area contributed by atoms with Crippen LogP contribution in [0.4, 0.5) is 0 Å². The average molecular weight is 301 g/mol. The van der Waals surface area contributed by atoms with Crippen molar-refractivity contribution in [3.63, 3.8) is 0 Å². The number of aromatic nitrogens is 2. The van der Waals surface area contributed by atoms with Crippen LogP contribution in [0.3, 0.4) is 0 Å². The highest BCUT2D eigenvalue weighted by atomic mass is 32.2. The van der Waals surface area contributed by atoms with Crippen molar-refractivity contribution in [3.8, 4) is 0 Å². The van der Waals surface area contributed by atoms with E-state index >= 15 is 0 Å². The summed E-state index contributed by atoms with van der Waals surface area (Å²) in [4.78, 5) is 0.266. The van der Waals surface area contributed by atoms with Gasteiger partial charge in [-0.1, -0.05) is 12.8 Å². The number of aliphatic hydroxyl groups is 1.